The van der Waals surface area contributed by atoms with Gasteiger partial charge < -0.3 is 18.9 Å². The molecule has 0 spiro atoms. The zero-order valence-corrected chi connectivity index (χ0v) is 26.0. The second-order valence-electron chi connectivity index (χ2n) is 9.31. The molecule has 0 radical (unpaired) electrons. The minimum atomic E-state index is -0.819. The average Bonchev–Trinajstić information content (AvgIpc) is 3.32. The molecule has 5 rings (SSSR count). The van der Waals surface area contributed by atoms with Crippen molar-refractivity contribution in [3.8, 4) is 17.2 Å². The number of benzene rings is 3. The van der Waals surface area contributed by atoms with Crippen molar-refractivity contribution in [2.45, 2.75) is 26.5 Å². The van der Waals surface area contributed by atoms with Crippen LogP contribution in [0.2, 0.25) is 0 Å². The largest absolute Gasteiger partial charge is 0.490 e. The van der Waals surface area contributed by atoms with Gasteiger partial charge in [0.1, 0.15) is 18.2 Å². The van der Waals surface area contributed by atoms with Crippen molar-refractivity contribution in [2.24, 2.45) is 4.99 Å². The number of fused-ring (bicyclic) bond motifs is 1. The minimum Gasteiger partial charge on any atom is -0.490 e. The number of esters is 1. The molecule has 1 aliphatic rings. The molecule has 11 heteroatoms. The van der Waals surface area contributed by atoms with Crippen molar-refractivity contribution in [1.29, 1.82) is 0 Å². The van der Waals surface area contributed by atoms with Crippen LogP contribution in [0.3, 0.4) is 0 Å². The normalized spacial score (nSPS) is 14.4. The van der Waals surface area contributed by atoms with E-state index >= 15 is 0 Å². The predicted molar refractivity (Wildman–Crippen MR) is 165 cm³/mol. The highest BCUT2D eigenvalue weighted by Gasteiger charge is 2.31. The molecule has 0 saturated heterocycles. The Balaban J connectivity index is 1.61. The first-order chi connectivity index (χ1) is 20.8. The number of methoxy groups -OCH3 is 1. The lowest BCUT2D eigenvalue weighted by Gasteiger charge is -2.23. The van der Waals surface area contributed by atoms with Gasteiger partial charge in [0.2, 0.25) is 0 Å². The molecule has 43 heavy (non-hydrogen) atoms. The fourth-order valence-electron chi connectivity index (χ4n) is 4.66. The molecule has 2 heterocycles. The van der Waals surface area contributed by atoms with E-state index in [0.29, 0.717) is 56.5 Å². The molecule has 0 saturated carbocycles. The Hall–Kier alpha value is -4.22. The molecule has 0 bridgehead atoms. The second kappa shape index (κ2) is 13.4. The van der Waals surface area contributed by atoms with Gasteiger partial charge in [0.05, 0.1) is 36.5 Å². The highest BCUT2D eigenvalue weighted by atomic mass is 79.9. The molecule has 0 amide bonds. The number of aromatic nitrogens is 1. The number of thiazole rings is 1. The lowest BCUT2D eigenvalue weighted by molar-refractivity contribution is -0.136. The molecule has 1 atom stereocenters. The van der Waals surface area contributed by atoms with Gasteiger partial charge in [0.25, 0.3) is 5.56 Å². The summed E-state index contributed by atoms with van der Waals surface area (Å²) < 4.78 is 39.4. The summed E-state index contributed by atoms with van der Waals surface area (Å²) in [5.41, 5.74) is 1.49. The van der Waals surface area contributed by atoms with E-state index in [1.165, 1.54) is 35.3 Å². The lowest BCUT2D eigenvalue weighted by Crippen LogP contribution is -2.39. The molecule has 0 unspecified atom stereocenters. The van der Waals surface area contributed by atoms with Crippen LogP contribution < -0.4 is 29.1 Å². The summed E-state index contributed by atoms with van der Waals surface area (Å²) in [6.45, 7) is 4.60. The van der Waals surface area contributed by atoms with Crippen LogP contribution in [-0.2, 0) is 16.1 Å². The van der Waals surface area contributed by atoms with E-state index in [-0.39, 0.29) is 23.6 Å². The van der Waals surface area contributed by atoms with E-state index in [1.54, 1.807) is 54.6 Å². The van der Waals surface area contributed by atoms with Crippen LogP contribution in [0.4, 0.5) is 4.39 Å². The molecule has 1 aliphatic heterocycles. The fraction of sp³-hybridized carbons (Fsp3) is 0.219. The summed E-state index contributed by atoms with van der Waals surface area (Å²) in [4.78, 5) is 31.7. The first kappa shape index (κ1) is 30.2. The van der Waals surface area contributed by atoms with Crippen LogP contribution in [0.25, 0.3) is 6.08 Å². The van der Waals surface area contributed by atoms with Crippen molar-refractivity contribution < 1.29 is 28.1 Å². The third-order valence-electron chi connectivity index (χ3n) is 6.61. The predicted octanol–water partition coefficient (Wildman–Crippen LogP) is 5.30. The van der Waals surface area contributed by atoms with E-state index in [9.17, 15) is 14.0 Å². The van der Waals surface area contributed by atoms with E-state index in [0.717, 1.165) is 4.47 Å². The van der Waals surface area contributed by atoms with Crippen LogP contribution in [-0.4, -0.2) is 30.9 Å². The summed E-state index contributed by atoms with van der Waals surface area (Å²) in [5, 5.41) is 0. The van der Waals surface area contributed by atoms with Crippen molar-refractivity contribution >= 4 is 39.3 Å². The molecule has 8 nitrogen and oxygen atoms in total. The number of carbonyl (C=O) groups excluding carboxylic acids is 1. The summed E-state index contributed by atoms with van der Waals surface area (Å²) in [6, 6.07) is 16.3. The Labute approximate surface area is 259 Å². The molecule has 3 aromatic carbocycles. The Morgan fingerprint density at radius 3 is 2.51 bits per heavy atom. The Morgan fingerprint density at radius 2 is 1.77 bits per heavy atom. The molecule has 0 fully saturated rings. The summed E-state index contributed by atoms with van der Waals surface area (Å²) in [7, 11) is 1.28. The Kier molecular flexibility index (Phi) is 9.42. The first-order valence-corrected chi connectivity index (χ1v) is 15.1. The number of carbonyl (C=O) groups is 1. The van der Waals surface area contributed by atoms with Gasteiger partial charge in [0.15, 0.2) is 16.3 Å². The van der Waals surface area contributed by atoms with Gasteiger partial charge in [-0.2, -0.15) is 0 Å². The first-order valence-electron chi connectivity index (χ1n) is 13.5. The standard InChI is InChI=1S/C32H28BrFN2O6S/c1-4-40-26-12-10-19(15-27(26)41-5-2)29-23(31(38)39-3)17-35-32-36(29)30(37)28(43-32)16-21-14-22(33)11-13-25(21)42-18-20-8-6-7-9-24(20)34/h6-17,29H,4-5,18H2,1-3H3/b28-16-/t29-/m0/s1. The third kappa shape index (κ3) is 6.42. The van der Waals surface area contributed by atoms with Crippen LogP contribution in [0, 0.1) is 5.82 Å². The maximum Gasteiger partial charge on any atom is 0.337 e. The fourth-order valence-corrected chi connectivity index (χ4v) is 6.00. The molecule has 4 aromatic rings. The van der Waals surface area contributed by atoms with Crippen LogP contribution in [0.15, 0.2) is 86.7 Å². The average molecular weight is 668 g/mol. The molecular weight excluding hydrogens is 639 g/mol. The number of hydrogen-bond donors (Lipinski definition) is 0. The highest BCUT2D eigenvalue weighted by Crippen LogP contribution is 2.35. The number of nitrogens with zero attached hydrogens (tertiary/aromatic N) is 2. The van der Waals surface area contributed by atoms with Gasteiger partial charge in [-0.1, -0.05) is 51.5 Å². The number of hydrogen-bond acceptors (Lipinski definition) is 8. The van der Waals surface area contributed by atoms with E-state index in [2.05, 4.69) is 20.9 Å². The summed E-state index contributed by atoms with van der Waals surface area (Å²) in [5.74, 6) is 0.554. The van der Waals surface area contributed by atoms with Crippen LogP contribution >= 0.6 is 27.3 Å². The summed E-state index contributed by atoms with van der Waals surface area (Å²) in [6.07, 6.45) is 3.14. The van der Waals surface area contributed by atoms with Gasteiger partial charge >= 0.3 is 5.97 Å². The quantitative estimate of drug-likeness (QED) is 0.214. The SMILES string of the molecule is CCOc1ccc([C@H]2C(C(=O)OC)=CN=c3s/c(=C\c4cc(Br)ccc4OCc4ccccc4F)c(=O)n32)cc1OCC. The maximum atomic E-state index is 14.2. The monoisotopic (exact) mass is 666 g/mol. The van der Waals surface area contributed by atoms with Gasteiger partial charge in [-0.25, -0.2) is 14.2 Å². The maximum absolute atomic E-state index is 14.2. The highest BCUT2D eigenvalue weighted by molar-refractivity contribution is 9.10. The van der Waals surface area contributed by atoms with E-state index in [1.807, 2.05) is 19.9 Å². The molecule has 0 aliphatic carbocycles. The van der Waals surface area contributed by atoms with Crippen molar-refractivity contribution in [3.05, 3.63) is 119 Å². The van der Waals surface area contributed by atoms with Gasteiger partial charge in [-0.05, 0) is 61.9 Å². The van der Waals surface area contributed by atoms with E-state index < -0.39 is 12.0 Å². The lowest BCUT2D eigenvalue weighted by atomic mass is 9.97. The van der Waals surface area contributed by atoms with Crippen molar-refractivity contribution in [1.82, 2.24) is 4.57 Å². The molecular formula is C32H28BrFN2O6S. The Bertz CT molecular complexity index is 1880. The number of rotatable bonds is 10. The molecule has 1 aromatic heterocycles. The topological polar surface area (TPSA) is 88.4 Å². The smallest absolute Gasteiger partial charge is 0.337 e. The summed E-state index contributed by atoms with van der Waals surface area (Å²) >= 11 is 4.66. The second-order valence-corrected chi connectivity index (χ2v) is 11.2. The van der Waals surface area contributed by atoms with Gasteiger partial charge in [-0.15, -0.1) is 0 Å². The van der Waals surface area contributed by atoms with Gasteiger partial charge in [-0.3, -0.25) is 9.36 Å². The van der Waals surface area contributed by atoms with Crippen molar-refractivity contribution in [2.75, 3.05) is 20.3 Å². The van der Waals surface area contributed by atoms with Crippen molar-refractivity contribution in [3.63, 3.8) is 0 Å². The Morgan fingerprint density at radius 1 is 1.02 bits per heavy atom. The van der Waals surface area contributed by atoms with E-state index in [4.69, 9.17) is 18.9 Å². The minimum absolute atomic E-state index is 0.0127. The van der Waals surface area contributed by atoms with Crippen LogP contribution in [0.1, 0.15) is 36.6 Å². The zero-order valence-electron chi connectivity index (χ0n) is 23.6. The molecule has 0 N–H and O–H groups in total. The molecule has 222 valence electrons. The third-order valence-corrected chi connectivity index (χ3v) is 8.10. The van der Waals surface area contributed by atoms with Crippen LogP contribution in [0.5, 0.6) is 17.2 Å². The number of ether oxygens (including phenoxy) is 4. The zero-order chi connectivity index (χ0) is 30.5. The number of halogens is 2. The van der Waals surface area contributed by atoms with Gasteiger partial charge in [0, 0.05) is 21.8 Å².